The van der Waals surface area contributed by atoms with Crippen LogP contribution < -0.4 is 5.76 Å². The van der Waals surface area contributed by atoms with Crippen molar-refractivity contribution in [2.24, 2.45) is 0 Å². The number of hydrogen-bond acceptors (Lipinski definition) is 6. The second kappa shape index (κ2) is 7.64. The summed E-state index contributed by atoms with van der Waals surface area (Å²) in [6, 6.07) is 5.44. The molecule has 12 heteroatoms. The molecule has 0 unspecified atom stereocenters. The van der Waals surface area contributed by atoms with Crippen molar-refractivity contribution in [3.63, 3.8) is 0 Å². The zero-order valence-electron chi connectivity index (χ0n) is 13.5. The van der Waals surface area contributed by atoms with Crippen LogP contribution in [0.15, 0.2) is 45.8 Å². The average molecular weight is 434 g/mol. The van der Waals surface area contributed by atoms with Crippen LogP contribution in [0, 0.1) is 0 Å². The second-order valence-corrected chi connectivity index (χ2v) is 6.13. The fourth-order valence-corrected chi connectivity index (χ4v) is 2.42. The highest BCUT2D eigenvalue weighted by molar-refractivity contribution is 6.42. The predicted octanol–water partition coefficient (Wildman–Crippen LogP) is 4.04. The van der Waals surface area contributed by atoms with Crippen LogP contribution >= 0.6 is 23.2 Å². The first-order valence-corrected chi connectivity index (χ1v) is 8.14. The van der Waals surface area contributed by atoms with E-state index in [1.807, 2.05) is 0 Å². The van der Waals surface area contributed by atoms with E-state index in [1.54, 1.807) is 0 Å². The van der Waals surface area contributed by atoms with Crippen LogP contribution in [-0.4, -0.2) is 20.7 Å². The molecule has 0 aliphatic heterocycles. The molecule has 0 spiro atoms. The van der Waals surface area contributed by atoms with Gasteiger partial charge in [-0.1, -0.05) is 28.4 Å². The normalized spacial score (nSPS) is 11.5. The number of aromatic nitrogens is 3. The predicted molar refractivity (Wildman–Crippen MR) is 90.9 cm³/mol. The summed E-state index contributed by atoms with van der Waals surface area (Å²) in [7, 11) is 0. The molecular formula is C16H8Cl2F3N3O4. The maximum absolute atomic E-state index is 12.9. The summed E-state index contributed by atoms with van der Waals surface area (Å²) in [5.74, 6) is -2.23. The Balaban J connectivity index is 1.85. The highest BCUT2D eigenvalue weighted by Crippen LogP contribution is 2.30. The van der Waals surface area contributed by atoms with Crippen molar-refractivity contribution in [2.45, 2.75) is 12.9 Å². The van der Waals surface area contributed by atoms with Crippen molar-refractivity contribution in [2.75, 3.05) is 0 Å². The zero-order chi connectivity index (χ0) is 20.5. The lowest BCUT2D eigenvalue weighted by Gasteiger charge is -2.09. The Morgan fingerprint density at radius 3 is 2.61 bits per heavy atom. The molecule has 28 heavy (non-hydrogen) atoms. The van der Waals surface area contributed by atoms with Gasteiger partial charge in [0.05, 0.1) is 21.2 Å². The minimum absolute atomic E-state index is 0.0534. The number of carbonyl (C=O) groups is 1. The zero-order valence-corrected chi connectivity index (χ0v) is 15.0. The summed E-state index contributed by atoms with van der Waals surface area (Å²) in [5, 5.41) is 3.75. The summed E-state index contributed by atoms with van der Waals surface area (Å²) >= 11 is 11.6. The highest BCUT2D eigenvalue weighted by atomic mass is 35.5. The van der Waals surface area contributed by atoms with Crippen LogP contribution in [0.1, 0.15) is 15.9 Å². The average Bonchev–Trinajstić information content (AvgIpc) is 3.02. The number of rotatable bonds is 4. The van der Waals surface area contributed by atoms with Gasteiger partial charge in [0.1, 0.15) is 5.69 Å². The van der Waals surface area contributed by atoms with E-state index < -0.39 is 30.2 Å². The smallest absolute Gasteiger partial charge is 0.440 e. The topological polar surface area (TPSA) is 87.2 Å². The van der Waals surface area contributed by atoms with Gasteiger partial charge in [0.2, 0.25) is 5.82 Å². The van der Waals surface area contributed by atoms with Gasteiger partial charge in [-0.05, 0) is 30.3 Å². The maximum Gasteiger partial charge on any atom is 0.444 e. The molecular weight excluding hydrogens is 426 g/mol. The van der Waals surface area contributed by atoms with Crippen LogP contribution in [0.4, 0.5) is 13.2 Å². The third-order valence-electron chi connectivity index (χ3n) is 3.48. The molecule has 0 radical (unpaired) electrons. The molecule has 2 heterocycles. The summed E-state index contributed by atoms with van der Waals surface area (Å²) in [6.07, 6.45) is -3.71. The summed E-state index contributed by atoms with van der Waals surface area (Å²) in [4.78, 5) is 27.6. The maximum atomic E-state index is 12.9. The minimum atomic E-state index is -4.62. The van der Waals surface area contributed by atoms with E-state index in [4.69, 9.17) is 27.9 Å². The van der Waals surface area contributed by atoms with Crippen LogP contribution in [0.3, 0.4) is 0 Å². The molecule has 0 saturated carbocycles. The van der Waals surface area contributed by atoms with Crippen molar-refractivity contribution in [1.82, 2.24) is 14.7 Å². The van der Waals surface area contributed by atoms with Gasteiger partial charge in [-0.25, -0.2) is 14.2 Å². The number of esters is 1. The van der Waals surface area contributed by atoms with E-state index >= 15 is 0 Å². The van der Waals surface area contributed by atoms with Crippen LogP contribution in [0.25, 0.3) is 11.5 Å². The molecule has 146 valence electrons. The van der Waals surface area contributed by atoms with Crippen molar-refractivity contribution >= 4 is 29.2 Å². The molecule has 0 fully saturated rings. The molecule has 0 atom stereocenters. The van der Waals surface area contributed by atoms with Crippen LogP contribution in [0.2, 0.25) is 10.0 Å². The monoisotopic (exact) mass is 433 g/mol. The first kappa shape index (κ1) is 19.9. The molecule has 0 aliphatic carbocycles. The Morgan fingerprint density at radius 2 is 1.93 bits per heavy atom. The summed E-state index contributed by atoms with van der Waals surface area (Å²) in [5.41, 5.74) is -1.23. The lowest BCUT2D eigenvalue weighted by atomic mass is 10.2. The van der Waals surface area contributed by atoms with Gasteiger partial charge in [-0.3, -0.25) is 9.51 Å². The van der Waals surface area contributed by atoms with Gasteiger partial charge in [-0.2, -0.15) is 13.2 Å². The van der Waals surface area contributed by atoms with Gasteiger partial charge in [0.25, 0.3) is 0 Å². The summed E-state index contributed by atoms with van der Waals surface area (Å²) < 4.78 is 48.7. The Bertz CT molecular complexity index is 1100. The fraction of sp³-hybridized carbons (Fsp3) is 0.125. The number of alkyl halides is 3. The lowest BCUT2D eigenvalue weighted by Crippen LogP contribution is -2.20. The van der Waals surface area contributed by atoms with Crippen molar-refractivity contribution in [1.29, 1.82) is 0 Å². The third kappa shape index (κ3) is 4.18. The van der Waals surface area contributed by atoms with Gasteiger partial charge in [0.15, 0.2) is 6.73 Å². The lowest BCUT2D eigenvalue weighted by molar-refractivity contribution is -0.137. The van der Waals surface area contributed by atoms with Crippen LogP contribution in [0.5, 0.6) is 0 Å². The Labute approximate surface area is 164 Å². The molecule has 3 rings (SSSR count). The van der Waals surface area contributed by atoms with Crippen molar-refractivity contribution < 1.29 is 27.2 Å². The van der Waals surface area contributed by atoms with Gasteiger partial charge in [-0.15, -0.1) is 0 Å². The van der Waals surface area contributed by atoms with E-state index in [-0.39, 0.29) is 27.1 Å². The number of pyridine rings is 1. The van der Waals surface area contributed by atoms with E-state index in [1.165, 1.54) is 18.2 Å². The molecule has 1 aromatic carbocycles. The van der Waals surface area contributed by atoms with E-state index in [0.29, 0.717) is 6.07 Å². The van der Waals surface area contributed by atoms with Crippen LogP contribution in [-0.2, 0) is 17.6 Å². The van der Waals surface area contributed by atoms with E-state index in [0.717, 1.165) is 16.8 Å². The molecule has 0 aliphatic rings. The third-order valence-corrected chi connectivity index (χ3v) is 4.22. The number of halogens is 5. The molecule has 3 aromatic rings. The molecule has 7 nitrogen and oxygen atoms in total. The molecule has 0 N–H and O–H groups in total. The highest BCUT2D eigenvalue weighted by Gasteiger charge is 2.31. The number of hydrogen-bond donors (Lipinski definition) is 0. The van der Waals surface area contributed by atoms with Crippen molar-refractivity contribution in [3.05, 3.63) is 68.3 Å². The Morgan fingerprint density at radius 1 is 1.18 bits per heavy atom. The Hall–Kier alpha value is -2.85. The number of benzene rings is 1. The number of nitrogens with zero attached hydrogens (tertiary/aromatic N) is 3. The standard InChI is InChI=1S/C16H8Cl2F3N3O4/c17-10-2-1-8(5-11(10)18)14(25)27-7-24-13(23-28-15(24)26)12-6-9(3-4-22-12)16(19,20)21/h1-6H,7H2. The number of ether oxygens (including phenoxy) is 1. The fourth-order valence-electron chi connectivity index (χ4n) is 2.12. The van der Waals surface area contributed by atoms with E-state index in [9.17, 15) is 22.8 Å². The molecule has 0 saturated heterocycles. The second-order valence-electron chi connectivity index (χ2n) is 5.32. The first-order chi connectivity index (χ1) is 13.2. The molecule has 0 bridgehead atoms. The summed E-state index contributed by atoms with van der Waals surface area (Å²) in [6.45, 7) is -0.672. The minimum Gasteiger partial charge on any atom is -0.440 e. The Kier molecular flexibility index (Phi) is 5.43. The largest absolute Gasteiger partial charge is 0.444 e. The van der Waals surface area contributed by atoms with Gasteiger partial charge < -0.3 is 4.74 Å². The first-order valence-electron chi connectivity index (χ1n) is 7.39. The van der Waals surface area contributed by atoms with Crippen molar-refractivity contribution in [3.8, 4) is 11.5 Å². The van der Waals surface area contributed by atoms with E-state index in [2.05, 4.69) is 14.7 Å². The number of carbonyl (C=O) groups excluding carboxylic acids is 1. The quantitative estimate of drug-likeness (QED) is 0.577. The molecule has 2 aromatic heterocycles. The van der Waals surface area contributed by atoms with Gasteiger partial charge >= 0.3 is 17.9 Å². The molecule has 0 amide bonds. The van der Waals surface area contributed by atoms with Gasteiger partial charge in [0, 0.05) is 6.20 Å². The SMILES string of the molecule is O=C(OCn1c(-c2cc(C(F)(F)F)ccn2)noc1=O)c1ccc(Cl)c(Cl)c1.